The molecule has 8 aliphatic rings. The molecule has 97 heavy (non-hydrogen) atoms. The molecule has 13 unspecified atom stereocenters. The Kier molecular flexibility index (Phi) is 22.9. The number of primary amides is 1. The van der Waals surface area contributed by atoms with Crippen LogP contribution in [0.5, 0.6) is 0 Å². The molecule has 2 heterocycles. The maximum Gasteiger partial charge on any atom is 0.242 e. The van der Waals surface area contributed by atoms with Crippen LogP contribution in [0.3, 0.4) is 0 Å². The van der Waals surface area contributed by atoms with E-state index in [-0.39, 0.29) is 112 Å². The van der Waals surface area contributed by atoms with Crippen molar-refractivity contribution in [2.24, 2.45) is 68.8 Å². The number of hydrogen-bond acceptors (Lipinski definition) is 19. The molecule has 0 aliphatic heterocycles. The fourth-order valence-corrected chi connectivity index (χ4v) is 20.6. The molecular formula is C73H116N12O12. The third-order valence-electron chi connectivity index (χ3n) is 27.2. The van der Waals surface area contributed by atoms with Crippen LogP contribution in [-0.4, -0.2) is 218 Å². The molecule has 0 radical (unpaired) electrons. The van der Waals surface area contributed by atoms with Gasteiger partial charge in [0.15, 0.2) is 17.3 Å². The molecular weight excluding hydrogens is 1240 g/mol. The lowest BCUT2D eigenvalue weighted by molar-refractivity contribution is -0.160. The predicted octanol–water partition coefficient (Wildman–Crippen LogP) is 5.84. The number of aliphatic hydroxyl groups is 2. The summed E-state index contributed by atoms with van der Waals surface area (Å²) in [6.07, 6.45) is 21.6. The maximum atomic E-state index is 15.2. The first-order valence-electron chi connectivity index (χ1n) is 36.5. The van der Waals surface area contributed by atoms with Crippen LogP contribution in [0.15, 0.2) is 24.0 Å². The maximum absolute atomic E-state index is 15.2. The second-order valence-electron chi connectivity index (χ2n) is 32.6. The Labute approximate surface area is 575 Å². The molecule has 24 nitrogen and oxygen atoms in total. The van der Waals surface area contributed by atoms with Gasteiger partial charge in [0.25, 0.3) is 0 Å². The van der Waals surface area contributed by atoms with E-state index in [0.29, 0.717) is 123 Å². The van der Waals surface area contributed by atoms with Gasteiger partial charge in [-0.3, -0.25) is 52.7 Å². The van der Waals surface area contributed by atoms with Gasteiger partial charge in [0.2, 0.25) is 17.7 Å². The van der Waals surface area contributed by atoms with E-state index >= 15 is 4.79 Å². The number of nitrogens with one attached hydrogen (secondary N) is 1. The number of nitrogens with two attached hydrogens (primary N) is 1. The molecule has 7 saturated carbocycles. The van der Waals surface area contributed by atoms with Gasteiger partial charge in [-0.05, 0) is 195 Å². The number of ether oxygens (including phenoxy) is 3. The van der Waals surface area contributed by atoms with E-state index in [4.69, 9.17) is 19.9 Å². The molecule has 13 atom stereocenters. The van der Waals surface area contributed by atoms with Crippen molar-refractivity contribution in [2.45, 2.75) is 213 Å². The van der Waals surface area contributed by atoms with Gasteiger partial charge in [-0.1, -0.05) is 43.7 Å². The fourth-order valence-electron chi connectivity index (χ4n) is 20.6. The fraction of sp³-hybridized carbons (Fsp3) is 0.822. The first-order valence-corrected chi connectivity index (χ1v) is 36.5. The highest BCUT2D eigenvalue weighted by atomic mass is 16.5. The second-order valence-corrected chi connectivity index (χ2v) is 32.6. The number of fused-ring (bicyclic) bond motifs is 10. The Balaban J connectivity index is 0.783. The summed E-state index contributed by atoms with van der Waals surface area (Å²) in [5.41, 5.74) is 2.76. The first kappa shape index (κ1) is 74.5. The molecule has 10 rings (SSSR count). The molecule has 2 aromatic rings. The molecule has 0 bridgehead atoms. The van der Waals surface area contributed by atoms with Crippen molar-refractivity contribution in [2.75, 3.05) is 107 Å². The summed E-state index contributed by atoms with van der Waals surface area (Å²) < 4.78 is 19.7. The van der Waals surface area contributed by atoms with E-state index in [1.807, 2.05) is 42.1 Å². The number of amides is 3. The first-order chi connectivity index (χ1) is 45.9. The van der Waals surface area contributed by atoms with Crippen LogP contribution < -0.4 is 11.1 Å². The van der Waals surface area contributed by atoms with E-state index in [9.17, 15) is 39.0 Å². The van der Waals surface area contributed by atoms with Gasteiger partial charge in [0.05, 0.1) is 76.0 Å². The summed E-state index contributed by atoms with van der Waals surface area (Å²) >= 11 is 0. The Morgan fingerprint density at radius 3 is 1.75 bits per heavy atom. The molecule has 8 aliphatic carbocycles. The van der Waals surface area contributed by atoms with Crippen LogP contribution in [0.2, 0.25) is 0 Å². The van der Waals surface area contributed by atoms with Gasteiger partial charge < -0.3 is 45.3 Å². The number of nitrogens with zero attached hydrogens (tertiary/aromatic N) is 10. The average molecular weight is 1350 g/mol. The lowest BCUT2D eigenvalue weighted by Gasteiger charge is -2.60. The molecule has 0 saturated heterocycles. The van der Waals surface area contributed by atoms with Crippen molar-refractivity contribution in [1.29, 1.82) is 0 Å². The lowest BCUT2D eigenvalue weighted by atomic mass is 9.44. The predicted molar refractivity (Wildman–Crippen MR) is 363 cm³/mol. The third-order valence-corrected chi connectivity index (χ3v) is 27.2. The molecule has 540 valence electrons. The number of carbonyl (C=O) groups excluding carboxylic acids is 7. The minimum Gasteiger partial charge on any atom is -0.383 e. The molecule has 3 amide bonds. The molecule has 0 aromatic carbocycles. The van der Waals surface area contributed by atoms with Crippen molar-refractivity contribution < 1.29 is 58.0 Å². The van der Waals surface area contributed by atoms with Gasteiger partial charge in [0.1, 0.15) is 28.4 Å². The highest BCUT2D eigenvalue weighted by Crippen LogP contribution is 2.71. The van der Waals surface area contributed by atoms with Crippen molar-refractivity contribution in [3.05, 3.63) is 35.4 Å². The Morgan fingerprint density at radius 2 is 1.14 bits per heavy atom. The number of allylic oxidation sites excluding steroid dienone is 1. The van der Waals surface area contributed by atoms with E-state index in [1.54, 1.807) is 30.3 Å². The summed E-state index contributed by atoms with van der Waals surface area (Å²) in [5.74, 6) is 1.72. The number of Topliss-reactive ketones (excluding diaryl/α,β-unsaturated/α-hetero) is 3. The average Bonchev–Trinajstić information content (AvgIpc) is 1.50. The standard InChI is InChI=1S/C73H116N12O12/c1-66(2,61(88)42-75-30-12-32-84-43-59(76-78-84)72(93)28-22-57-53-16-14-49-40-51(86)18-24-68(49,5)55(53)20-26-70(57,72)7)83(36-39-97-11)45-62(89)67(3,4)82(48-65(92)81(35-38-96-10)47-64(91)80(34-37-95-9)46-63(74)90)31-13-33-85-44-60(77-79-85)73(94)29-23-58-54-17-15-50-41-52(87)19-25-69(50,6)56(54)21-27-71(58,73)8/h40,43-44,50,53-58,75,93-94H,12-39,41-42,45-48H2,1-11H3,(H2,74,90). The molecule has 0 spiro atoms. The van der Waals surface area contributed by atoms with Crippen LogP contribution in [0.25, 0.3) is 0 Å². The van der Waals surface area contributed by atoms with Gasteiger partial charge >= 0.3 is 0 Å². The topological polar surface area (TPSA) is 300 Å². The second kappa shape index (κ2) is 29.8. The molecule has 24 heteroatoms. The van der Waals surface area contributed by atoms with Gasteiger partial charge in [-0.25, -0.2) is 0 Å². The molecule has 5 N–H and O–H groups in total. The summed E-state index contributed by atoms with van der Waals surface area (Å²) in [6.45, 7) is 17.7. The molecule has 2 aromatic heterocycles. The van der Waals surface area contributed by atoms with Crippen LogP contribution >= 0.6 is 0 Å². The normalized spacial score (nSPS) is 32.4. The number of hydrogen-bond donors (Lipinski definition) is 4. The minimum absolute atomic E-state index is 0.0239. The lowest BCUT2D eigenvalue weighted by Crippen LogP contribution is -2.61. The monoisotopic (exact) mass is 1350 g/mol. The molecule has 7 fully saturated rings. The number of aryl methyl sites for hydroxylation is 2. The largest absolute Gasteiger partial charge is 0.383 e. The zero-order chi connectivity index (χ0) is 70.1. The van der Waals surface area contributed by atoms with E-state index in [0.717, 1.165) is 77.0 Å². The van der Waals surface area contributed by atoms with E-state index < -0.39 is 45.4 Å². The van der Waals surface area contributed by atoms with Crippen molar-refractivity contribution in [3.63, 3.8) is 0 Å². The van der Waals surface area contributed by atoms with Crippen LogP contribution in [0.1, 0.15) is 189 Å². The van der Waals surface area contributed by atoms with Crippen molar-refractivity contribution in [1.82, 2.24) is 54.9 Å². The van der Waals surface area contributed by atoms with Gasteiger partial charge in [-0.2, -0.15) is 0 Å². The van der Waals surface area contributed by atoms with Crippen LogP contribution in [0, 0.1) is 63.1 Å². The number of ketones is 4. The van der Waals surface area contributed by atoms with Crippen molar-refractivity contribution in [3.8, 4) is 0 Å². The van der Waals surface area contributed by atoms with Crippen molar-refractivity contribution >= 4 is 40.9 Å². The number of methoxy groups -OCH3 is 3. The zero-order valence-corrected chi connectivity index (χ0v) is 60.3. The summed E-state index contributed by atoms with van der Waals surface area (Å²) in [7, 11) is 4.54. The third kappa shape index (κ3) is 14.4. The van der Waals surface area contributed by atoms with Crippen LogP contribution in [-0.2, 0) is 72.1 Å². The number of aromatic nitrogens is 6. The SMILES string of the molecule is COCCN(CC(N)=O)C(=O)CN(CCOC)C(=O)CN(CCCn1cc(C2(O)CCC3C4CCC5CC(=O)CCC5(C)C4CCC32C)nn1)C(C)(C)C(=O)CN(CCOC)C(C)(C)C(=O)CNCCCn1cc(C2(O)CCC3C4CCC5=CC(=O)CCC5(C)C4CCC32C)nn1. The quantitative estimate of drug-likeness (QED) is 0.0610. The summed E-state index contributed by atoms with van der Waals surface area (Å²) in [6, 6.07) is 0. The van der Waals surface area contributed by atoms with E-state index in [1.165, 1.54) is 29.6 Å². The highest BCUT2D eigenvalue weighted by Gasteiger charge is 2.67. The summed E-state index contributed by atoms with van der Waals surface area (Å²) in [5, 5.41) is 47.3. The summed E-state index contributed by atoms with van der Waals surface area (Å²) in [4.78, 5) is 102. The van der Waals surface area contributed by atoms with Gasteiger partial charge in [-0.15, -0.1) is 10.2 Å². The zero-order valence-electron chi connectivity index (χ0n) is 60.3. The Bertz CT molecular complexity index is 3220. The number of rotatable bonds is 33. The van der Waals surface area contributed by atoms with Gasteiger partial charge in [0, 0.05) is 90.7 Å². The Morgan fingerprint density at radius 1 is 0.608 bits per heavy atom. The number of carbonyl (C=O) groups is 7. The van der Waals surface area contributed by atoms with E-state index in [2.05, 4.69) is 53.6 Å². The Hall–Kier alpha value is -5.21. The van der Waals surface area contributed by atoms with Crippen LogP contribution in [0.4, 0.5) is 0 Å². The minimum atomic E-state index is -1.33. The highest BCUT2D eigenvalue weighted by molar-refractivity contribution is 5.94. The smallest absolute Gasteiger partial charge is 0.242 e.